The molecule has 0 saturated carbocycles. The van der Waals surface area contributed by atoms with E-state index in [0.717, 1.165) is 11.3 Å². The van der Waals surface area contributed by atoms with Crippen LogP contribution >= 0.6 is 11.3 Å². The molecule has 1 aliphatic heterocycles. The van der Waals surface area contributed by atoms with E-state index >= 15 is 0 Å². The Bertz CT molecular complexity index is 776. The molecule has 2 amide bonds. The molecule has 1 aromatic carbocycles. The Balaban J connectivity index is 1.62. The third-order valence-corrected chi connectivity index (χ3v) is 5.02. The fourth-order valence-electron chi connectivity index (χ4n) is 2.75. The van der Waals surface area contributed by atoms with E-state index in [0.29, 0.717) is 36.9 Å². The van der Waals surface area contributed by atoms with Gasteiger partial charge >= 0.3 is 0 Å². The molecule has 0 fully saturated rings. The van der Waals surface area contributed by atoms with Gasteiger partial charge in [0.15, 0.2) is 11.5 Å². The van der Waals surface area contributed by atoms with Gasteiger partial charge in [0.1, 0.15) is 13.2 Å². The summed E-state index contributed by atoms with van der Waals surface area (Å²) in [6.07, 6.45) is 0. The maximum atomic E-state index is 12.6. The molecule has 0 radical (unpaired) electrons. The van der Waals surface area contributed by atoms with Crippen molar-refractivity contribution in [3.63, 3.8) is 0 Å². The van der Waals surface area contributed by atoms with Crippen molar-refractivity contribution in [2.45, 2.75) is 13.5 Å². The van der Waals surface area contributed by atoms with Gasteiger partial charge in [-0.15, -0.1) is 11.3 Å². The molecule has 0 unspecified atom stereocenters. The number of hydrogen-bond acceptors (Lipinski definition) is 5. The zero-order valence-corrected chi connectivity index (χ0v) is 15.8. The summed E-state index contributed by atoms with van der Waals surface area (Å²) in [4.78, 5) is 28.8. The highest BCUT2D eigenvalue weighted by Crippen LogP contribution is 2.31. The van der Waals surface area contributed by atoms with Crippen LogP contribution in [0.3, 0.4) is 0 Å². The fraction of sp³-hybridized carbons (Fsp3) is 0.368. The van der Waals surface area contributed by atoms with Gasteiger partial charge in [0, 0.05) is 20.1 Å². The van der Waals surface area contributed by atoms with Crippen LogP contribution in [-0.2, 0) is 11.3 Å². The van der Waals surface area contributed by atoms with Crippen LogP contribution < -0.4 is 9.47 Å². The minimum atomic E-state index is -0.135. The van der Waals surface area contributed by atoms with Crippen molar-refractivity contribution < 1.29 is 19.1 Å². The summed E-state index contributed by atoms with van der Waals surface area (Å²) < 4.78 is 11.1. The van der Waals surface area contributed by atoms with E-state index in [-0.39, 0.29) is 18.4 Å². The van der Waals surface area contributed by atoms with E-state index in [1.54, 1.807) is 18.0 Å². The van der Waals surface area contributed by atoms with Crippen LogP contribution in [0.1, 0.15) is 22.2 Å². The zero-order valence-electron chi connectivity index (χ0n) is 14.9. The van der Waals surface area contributed by atoms with Crippen molar-refractivity contribution in [3.8, 4) is 11.5 Å². The fourth-order valence-corrected chi connectivity index (χ4v) is 3.46. The normalized spacial score (nSPS) is 12.5. The van der Waals surface area contributed by atoms with Crippen molar-refractivity contribution in [2.75, 3.05) is 33.4 Å². The highest BCUT2D eigenvalue weighted by molar-refractivity contribution is 7.12. The largest absolute Gasteiger partial charge is 0.486 e. The highest BCUT2D eigenvalue weighted by Gasteiger charge is 2.20. The SMILES string of the molecule is CCN(Cc1ccc2c(c1)OCCO2)C(=O)CN(C)C(=O)c1cccs1. The minimum absolute atomic E-state index is 0.0507. The van der Waals surface area contributed by atoms with Gasteiger partial charge in [-0.25, -0.2) is 0 Å². The lowest BCUT2D eigenvalue weighted by Crippen LogP contribution is -2.40. The molecular formula is C19H22N2O4S. The second kappa shape index (κ2) is 8.23. The molecule has 0 bridgehead atoms. The summed E-state index contributed by atoms with van der Waals surface area (Å²) >= 11 is 1.37. The lowest BCUT2D eigenvalue weighted by molar-refractivity contribution is -0.132. The number of benzene rings is 1. The molecule has 0 aliphatic carbocycles. The van der Waals surface area contributed by atoms with Gasteiger partial charge in [0.25, 0.3) is 5.91 Å². The molecule has 138 valence electrons. The van der Waals surface area contributed by atoms with E-state index in [1.165, 1.54) is 16.2 Å². The van der Waals surface area contributed by atoms with E-state index < -0.39 is 0 Å². The average molecular weight is 374 g/mol. The first-order chi connectivity index (χ1) is 12.6. The van der Waals surface area contributed by atoms with Gasteiger partial charge in [-0.05, 0) is 36.1 Å². The van der Waals surface area contributed by atoms with Crippen molar-refractivity contribution >= 4 is 23.2 Å². The molecule has 1 aromatic heterocycles. The van der Waals surface area contributed by atoms with Gasteiger partial charge in [0.05, 0.1) is 11.4 Å². The lowest BCUT2D eigenvalue weighted by Gasteiger charge is -2.25. The summed E-state index contributed by atoms with van der Waals surface area (Å²) in [7, 11) is 1.65. The van der Waals surface area contributed by atoms with Gasteiger partial charge in [-0.1, -0.05) is 12.1 Å². The molecule has 26 heavy (non-hydrogen) atoms. The number of fused-ring (bicyclic) bond motifs is 1. The van der Waals surface area contributed by atoms with Gasteiger partial charge in [-0.2, -0.15) is 0 Å². The van der Waals surface area contributed by atoms with Crippen LogP contribution in [0.5, 0.6) is 11.5 Å². The van der Waals surface area contributed by atoms with Crippen molar-refractivity contribution in [1.29, 1.82) is 0 Å². The Morgan fingerprint density at radius 3 is 2.62 bits per heavy atom. The van der Waals surface area contributed by atoms with Crippen molar-refractivity contribution in [2.24, 2.45) is 0 Å². The van der Waals surface area contributed by atoms with Gasteiger partial charge < -0.3 is 19.3 Å². The maximum Gasteiger partial charge on any atom is 0.264 e. The number of nitrogens with zero attached hydrogens (tertiary/aromatic N) is 2. The second-order valence-electron chi connectivity index (χ2n) is 6.02. The van der Waals surface area contributed by atoms with Crippen molar-refractivity contribution in [1.82, 2.24) is 9.80 Å². The van der Waals surface area contributed by atoms with Gasteiger partial charge in [-0.3, -0.25) is 9.59 Å². The Morgan fingerprint density at radius 2 is 1.92 bits per heavy atom. The number of likely N-dealkylation sites (N-methyl/N-ethyl adjacent to an activating group) is 2. The number of amides is 2. The second-order valence-corrected chi connectivity index (χ2v) is 6.97. The highest BCUT2D eigenvalue weighted by atomic mass is 32.1. The van der Waals surface area contributed by atoms with E-state index in [4.69, 9.17) is 9.47 Å². The number of carbonyl (C=O) groups excluding carboxylic acids is 2. The summed E-state index contributed by atoms with van der Waals surface area (Å²) in [5, 5.41) is 1.85. The molecular weight excluding hydrogens is 352 g/mol. The molecule has 7 heteroatoms. The molecule has 2 heterocycles. The van der Waals surface area contributed by atoms with E-state index in [2.05, 4.69) is 0 Å². The number of carbonyl (C=O) groups is 2. The summed E-state index contributed by atoms with van der Waals surface area (Å²) in [5.41, 5.74) is 0.969. The van der Waals surface area contributed by atoms with Gasteiger partial charge in [0.2, 0.25) is 5.91 Å². The maximum absolute atomic E-state index is 12.6. The molecule has 0 spiro atoms. The Labute approximate surface area is 156 Å². The number of ether oxygens (including phenoxy) is 2. The minimum Gasteiger partial charge on any atom is -0.486 e. The first kappa shape index (κ1) is 18.3. The number of hydrogen-bond donors (Lipinski definition) is 0. The average Bonchev–Trinajstić information content (AvgIpc) is 3.19. The monoisotopic (exact) mass is 374 g/mol. The molecule has 0 atom stereocenters. The molecule has 0 N–H and O–H groups in total. The zero-order chi connectivity index (χ0) is 18.5. The molecule has 2 aromatic rings. The molecule has 3 rings (SSSR count). The Morgan fingerprint density at radius 1 is 1.15 bits per heavy atom. The standard InChI is InChI=1S/C19H22N2O4S/c1-3-21(12-14-6-7-15-16(11-14)25-9-8-24-15)18(22)13-20(2)19(23)17-5-4-10-26-17/h4-7,10-11H,3,8-9,12-13H2,1-2H3. The quantitative estimate of drug-likeness (QED) is 0.780. The van der Waals surface area contributed by atoms with Crippen LogP contribution in [-0.4, -0.2) is 55.0 Å². The smallest absolute Gasteiger partial charge is 0.264 e. The summed E-state index contributed by atoms with van der Waals surface area (Å²) in [6, 6.07) is 9.30. The molecule has 6 nitrogen and oxygen atoms in total. The van der Waals surface area contributed by atoms with Crippen LogP contribution in [0.25, 0.3) is 0 Å². The summed E-state index contributed by atoms with van der Waals surface area (Å²) in [5.74, 6) is 1.22. The first-order valence-corrected chi connectivity index (χ1v) is 9.41. The van der Waals surface area contributed by atoms with Crippen molar-refractivity contribution in [3.05, 3.63) is 46.2 Å². The van der Waals surface area contributed by atoms with E-state index in [9.17, 15) is 9.59 Å². The third kappa shape index (κ3) is 4.16. The number of rotatable bonds is 6. The van der Waals surface area contributed by atoms with E-state index in [1.807, 2.05) is 36.6 Å². The summed E-state index contributed by atoms with van der Waals surface area (Å²) in [6.45, 7) is 4.09. The predicted octanol–water partition coefficient (Wildman–Crippen LogP) is 2.64. The topological polar surface area (TPSA) is 59.1 Å². The Kier molecular flexibility index (Phi) is 5.78. The number of thiophene rings is 1. The molecule has 1 aliphatic rings. The lowest BCUT2D eigenvalue weighted by atomic mass is 10.1. The Hall–Kier alpha value is -2.54. The van der Waals surface area contributed by atoms with Crippen LogP contribution in [0.2, 0.25) is 0 Å². The van der Waals surface area contributed by atoms with Crippen LogP contribution in [0, 0.1) is 0 Å². The first-order valence-electron chi connectivity index (χ1n) is 8.53. The van der Waals surface area contributed by atoms with Crippen LogP contribution in [0.4, 0.5) is 0 Å². The molecule has 0 saturated heterocycles. The van der Waals surface area contributed by atoms with Crippen LogP contribution in [0.15, 0.2) is 35.7 Å². The third-order valence-electron chi connectivity index (χ3n) is 4.17. The predicted molar refractivity (Wildman–Crippen MR) is 99.8 cm³/mol.